The van der Waals surface area contributed by atoms with E-state index >= 15 is 0 Å². The van der Waals surface area contributed by atoms with Crippen molar-refractivity contribution >= 4 is 10.9 Å². The Bertz CT molecular complexity index is 643. The Morgan fingerprint density at radius 2 is 1.94 bits per heavy atom. The molecule has 0 amide bonds. The number of aromatic nitrogens is 2. The zero-order chi connectivity index (χ0) is 11.0. The van der Waals surface area contributed by atoms with E-state index in [4.69, 9.17) is 4.42 Å². The number of nitrogens with zero attached hydrogens (tertiary/aromatic N) is 2. The van der Waals surface area contributed by atoms with Gasteiger partial charge < -0.3 is 4.42 Å². The highest BCUT2D eigenvalue weighted by atomic mass is 16.4. The second-order valence-corrected chi connectivity index (χ2v) is 3.66. The van der Waals surface area contributed by atoms with Gasteiger partial charge in [0.1, 0.15) is 0 Å². The lowest BCUT2D eigenvalue weighted by Gasteiger charge is -1.99. The summed E-state index contributed by atoms with van der Waals surface area (Å²) in [5.74, 6) is 1.43. The van der Waals surface area contributed by atoms with E-state index in [-0.39, 0.29) is 0 Å². The molecule has 78 valence electrons. The highest BCUT2D eigenvalue weighted by Crippen LogP contribution is 2.22. The molecule has 0 spiro atoms. The average molecular weight is 210 g/mol. The van der Waals surface area contributed by atoms with Crippen molar-refractivity contribution in [3.63, 3.8) is 0 Å². The third-order valence-electron chi connectivity index (χ3n) is 2.50. The van der Waals surface area contributed by atoms with Crippen LogP contribution in [0.5, 0.6) is 0 Å². The van der Waals surface area contributed by atoms with Gasteiger partial charge in [0.15, 0.2) is 11.7 Å². The molecule has 3 rings (SSSR count). The zero-order valence-electron chi connectivity index (χ0n) is 8.84. The number of hydrogen-bond donors (Lipinski definition) is 0. The molecule has 16 heavy (non-hydrogen) atoms. The highest BCUT2D eigenvalue weighted by molar-refractivity contribution is 5.82. The molecule has 0 radical (unpaired) electrons. The zero-order valence-corrected chi connectivity index (χ0v) is 8.84. The van der Waals surface area contributed by atoms with Gasteiger partial charge >= 0.3 is 0 Å². The van der Waals surface area contributed by atoms with E-state index in [1.165, 1.54) is 0 Å². The first-order valence-corrected chi connectivity index (χ1v) is 5.10. The largest absolute Gasteiger partial charge is 0.441 e. The smallest absolute Gasteiger partial charge is 0.191 e. The van der Waals surface area contributed by atoms with Crippen LogP contribution in [-0.4, -0.2) is 9.97 Å². The van der Waals surface area contributed by atoms with E-state index in [0.717, 1.165) is 22.2 Å². The lowest BCUT2D eigenvalue weighted by Crippen LogP contribution is -1.80. The Hall–Kier alpha value is -2.16. The average Bonchev–Trinajstić information content (AvgIpc) is 2.75. The standard InChI is InChI=1S/C13H10N2O/c1-9-14-8-13(16-9)11-6-10-4-2-3-5-12(10)15-7-11/h2-8H,1H3. The van der Waals surface area contributed by atoms with Crippen LogP contribution >= 0.6 is 0 Å². The number of benzene rings is 1. The summed E-state index contributed by atoms with van der Waals surface area (Å²) in [6, 6.07) is 10.1. The number of hydrogen-bond acceptors (Lipinski definition) is 3. The minimum atomic E-state index is 0.670. The Kier molecular flexibility index (Phi) is 1.96. The first-order chi connectivity index (χ1) is 7.83. The molecule has 0 aliphatic heterocycles. The number of rotatable bonds is 1. The molecule has 0 unspecified atom stereocenters. The molecule has 3 aromatic rings. The van der Waals surface area contributed by atoms with Gasteiger partial charge in [-0.05, 0) is 12.1 Å². The van der Waals surface area contributed by atoms with Crippen LogP contribution in [0.25, 0.3) is 22.2 Å². The monoisotopic (exact) mass is 210 g/mol. The molecule has 2 aromatic heterocycles. The van der Waals surface area contributed by atoms with Crippen LogP contribution < -0.4 is 0 Å². The lowest BCUT2D eigenvalue weighted by molar-refractivity contribution is 0.534. The van der Waals surface area contributed by atoms with Gasteiger partial charge in [-0.25, -0.2) is 4.98 Å². The minimum absolute atomic E-state index is 0.670. The highest BCUT2D eigenvalue weighted by Gasteiger charge is 2.04. The van der Waals surface area contributed by atoms with Crippen LogP contribution in [0.2, 0.25) is 0 Å². The molecule has 0 saturated heterocycles. The summed E-state index contributed by atoms with van der Waals surface area (Å²) >= 11 is 0. The molecule has 0 atom stereocenters. The van der Waals surface area contributed by atoms with Gasteiger partial charge in [0.05, 0.1) is 11.7 Å². The van der Waals surface area contributed by atoms with Gasteiger partial charge in [-0.2, -0.15) is 0 Å². The molecule has 0 aliphatic rings. The van der Waals surface area contributed by atoms with E-state index in [2.05, 4.69) is 16.0 Å². The number of pyridine rings is 1. The quantitative estimate of drug-likeness (QED) is 0.619. The maximum Gasteiger partial charge on any atom is 0.191 e. The number of oxazole rings is 1. The van der Waals surface area contributed by atoms with Crippen molar-refractivity contribution in [2.75, 3.05) is 0 Å². The second-order valence-electron chi connectivity index (χ2n) is 3.66. The molecule has 0 aliphatic carbocycles. The molecule has 0 bridgehead atoms. The summed E-state index contributed by atoms with van der Waals surface area (Å²) in [7, 11) is 0. The summed E-state index contributed by atoms with van der Waals surface area (Å²) < 4.78 is 5.47. The SMILES string of the molecule is Cc1ncc(-c2cnc3ccccc3c2)o1. The number of para-hydroxylation sites is 1. The second kappa shape index (κ2) is 3.45. The van der Waals surface area contributed by atoms with E-state index in [1.54, 1.807) is 6.20 Å². The summed E-state index contributed by atoms with van der Waals surface area (Å²) in [5, 5.41) is 1.11. The fraction of sp³-hybridized carbons (Fsp3) is 0.0769. The third kappa shape index (κ3) is 1.46. The fourth-order valence-electron chi connectivity index (χ4n) is 1.70. The Labute approximate surface area is 92.8 Å². The van der Waals surface area contributed by atoms with Crippen molar-refractivity contribution in [2.24, 2.45) is 0 Å². The molecule has 2 heterocycles. The van der Waals surface area contributed by atoms with Gasteiger partial charge in [0.25, 0.3) is 0 Å². The number of fused-ring (bicyclic) bond motifs is 1. The van der Waals surface area contributed by atoms with Crippen molar-refractivity contribution in [2.45, 2.75) is 6.92 Å². The third-order valence-corrected chi connectivity index (χ3v) is 2.50. The summed E-state index contributed by atoms with van der Waals surface area (Å²) in [5.41, 5.74) is 1.95. The van der Waals surface area contributed by atoms with E-state index in [0.29, 0.717) is 5.89 Å². The Morgan fingerprint density at radius 3 is 2.75 bits per heavy atom. The molecule has 0 N–H and O–H groups in total. The van der Waals surface area contributed by atoms with Crippen LogP contribution in [0.1, 0.15) is 5.89 Å². The molecular weight excluding hydrogens is 200 g/mol. The van der Waals surface area contributed by atoms with Crippen LogP contribution in [0.15, 0.2) is 47.1 Å². The predicted octanol–water partition coefficient (Wildman–Crippen LogP) is 3.20. The van der Waals surface area contributed by atoms with E-state index in [9.17, 15) is 0 Å². The van der Waals surface area contributed by atoms with Gasteiger partial charge in [-0.3, -0.25) is 4.98 Å². The van der Waals surface area contributed by atoms with Crippen LogP contribution in [0.4, 0.5) is 0 Å². The summed E-state index contributed by atoms with van der Waals surface area (Å²) in [6.07, 6.45) is 3.53. The molecule has 0 fully saturated rings. The summed E-state index contributed by atoms with van der Waals surface area (Å²) in [6.45, 7) is 1.83. The van der Waals surface area contributed by atoms with Crippen molar-refractivity contribution in [1.82, 2.24) is 9.97 Å². The van der Waals surface area contributed by atoms with Gasteiger partial charge in [-0.15, -0.1) is 0 Å². The molecule has 1 aromatic carbocycles. The molecular formula is C13H10N2O. The van der Waals surface area contributed by atoms with Crippen LogP contribution in [0, 0.1) is 6.92 Å². The van der Waals surface area contributed by atoms with Crippen molar-refractivity contribution in [3.8, 4) is 11.3 Å². The van der Waals surface area contributed by atoms with Crippen molar-refractivity contribution < 1.29 is 4.42 Å². The maximum atomic E-state index is 5.47. The predicted molar refractivity (Wildman–Crippen MR) is 62.0 cm³/mol. The fourth-order valence-corrected chi connectivity index (χ4v) is 1.70. The lowest BCUT2D eigenvalue weighted by atomic mass is 10.1. The first kappa shape index (κ1) is 9.09. The van der Waals surface area contributed by atoms with E-state index < -0.39 is 0 Å². The topological polar surface area (TPSA) is 38.9 Å². The molecule has 0 saturated carbocycles. The number of aryl methyl sites for hydroxylation is 1. The minimum Gasteiger partial charge on any atom is -0.441 e. The van der Waals surface area contributed by atoms with Crippen molar-refractivity contribution in [3.05, 3.63) is 48.6 Å². The molecule has 3 heteroatoms. The summed E-state index contributed by atoms with van der Waals surface area (Å²) in [4.78, 5) is 8.46. The van der Waals surface area contributed by atoms with Crippen LogP contribution in [-0.2, 0) is 0 Å². The van der Waals surface area contributed by atoms with Crippen LogP contribution in [0.3, 0.4) is 0 Å². The van der Waals surface area contributed by atoms with Crippen molar-refractivity contribution in [1.29, 1.82) is 0 Å². The normalized spacial score (nSPS) is 10.8. The van der Waals surface area contributed by atoms with Gasteiger partial charge in [-0.1, -0.05) is 18.2 Å². The van der Waals surface area contributed by atoms with E-state index in [1.807, 2.05) is 37.4 Å². The Morgan fingerprint density at radius 1 is 1.06 bits per heavy atom. The molecule has 3 nitrogen and oxygen atoms in total. The first-order valence-electron chi connectivity index (χ1n) is 5.10. The van der Waals surface area contributed by atoms with Gasteiger partial charge in [0.2, 0.25) is 0 Å². The van der Waals surface area contributed by atoms with Gasteiger partial charge in [0, 0.05) is 24.1 Å². The Balaban J connectivity index is 2.18. The maximum absolute atomic E-state index is 5.47.